The minimum atomic E-state index is -0.269. The second-order valence-corrected chi connectivity index (χ2v) is 7.42. The number of rotatable bonds is 4. The van der Waals surface area contributed by atoms with Gasteiger partial charge in [-0.2, -0.15) is 0 Å². The number of nitrogens with one attached hydrogen (secondary N) is 1. The van der Waals surface area contributed by atoms with Crippen LogP contribution in [0.3, 0.4) is 0 Å². The van der Waals surface area contributed by atoms with Crippen LogP contribution >= 0.6 is 11.3 Å². The van der Waals surface area contributed by atoms with Gasteiger partial charge in [-0.25, -0.2) is 4.98 Å². The van der Waals surface area contributed by atoms with Gasteiger partial charge < -0.3 is 4.84 Å². The van der Waals surface area contributed by atoms with Gasteiger partial charge in [-0.05, 0) is 25.0 Å². The molecular weight excluding hydrogens is 358 g/mol. The molecule has 1 aliphatic rings. The Morgan fingerprint density at radius 2 is 2.00 bits per heavy atom. The topological polar surface area (TPSA) is 63.6 Å². The molecule has 5 nitrogen and oxygen atoms in total. The molecule has 0 saturated carbocycles. The molecule has 0 radical (unpaired) electrons. The fourth-order valence-corrected chi connectivity index (χ4v) is 3.79. The summed E-state index contributed by atoms with van der Waals surface area (Å²) in [4.78, 5) is 22.5. The molecular formula is C21H19N3O2S. The molecule has 1 N–H and O–H groups in total. The van der Waals surface area contributed by atoms with Crippen LogP contribution in [0.4, 0.5) is 5.13 Å². The van der Waals surface area contributed by atoms with E-state index >= 15 is 0 Å². The number of thiazole rings is 1. The number of nitrogens with zero attached hydrogens (tertiary/aromatic N) is 2. The van der Waals surface area contributed by atoms with Crippen molar-refractivity contribution in [1.29, 1.82) is 0 Å². The van der Waals surface area contributed by atoms with Gasteiger partial charge in [0.1, 0.15) is 5.71 Å². The number of hydrogen-bond donors (Lipinski definition) is 1. The third-order valence-electron chi connectivity index (χ3n) is 4.48. The maximum atomic E-state index is 12.5. The van der Waals surface area contributed by atoms with E-state index in [0.717, 1.165) is 22.4 Å². The summed E-state index contributed by atoms with van der Waals surface area (Å²) in [6, 6.07) is 16.0. The second-order valence-electron chi connectivity index (χ2n) is 6.56. The lowest BCUT2D eigenvalue weighted by atomic mass is 10.0. The predicted octanol–water partition coefficient (Wildman–Crippen LogP) is 4.88. The maximum Gasteiger partial charge on any atom is 0.275 e. The number of carbonyl (C=O) groups is 1. The molecule has 1 unspecified atom stereocenters. The van der Waals surface area contributed by atoms with Gasteiger partial charge in [0.25, 0.3) is 5.91 Å². The average molecular weight is 377 g/mol. The fourth-order valence-electron chi connectivity index (χ4n) is 3.08. The first-order valence-electron chi connectivity index (χ1n) is 8.72. The van der Waals surface area contributed by atoms with Gasteiger partial charge in [-0.1, -0.05) is 59.3 Å². The Kier molecular flexibility index (Phi) is 4.73. The highest BCUT2D eigenvalue weighted by molar-refractivity contribution is 7.14. The van der Waals surface area contributed by atoms with Crippen molar-refractivity contribution in [3.8, 4) is 11.3 Å². The molecule has 1 aromatic heterocycles. The van der Waals surface area contributed by atoms with Crippen molar-refractivity contribution < 1.29 is 9.63 Å². The normalized spacial score (nSPS) is 15.9. The molecule has 4 rings (SSSR count). The van der Waals surface area contributed by atoms with Crippen LogP contribution in [0, 0.1) is 13.8 Å². The largest absolute Gasteiger partial charge is 0.387 e. The molecule has 27 heavy (non-hydrogen) atoms. The number of hydrogen-bond acceptors (Lipinski definition) is 5. The Balaban J connectivity index is 1.43. The van der Waals surface area contributed by atoms with Gasteiger partial charge in [0.2, 0.25) is 0 Å². The number of amides is 1. The molecule has 6 heteroatoms. The van der Waals surface area contributed by atoms with Crippen LogP contribution in [0.2, 0.25) is 0 Å². The number of oxime groups is 1. The minimum absolute atomic E-state index is 0.214. The zero-order chi connectivity index (χ0) is 18.8. The standard InChI is InChI=1S/C21H19N3O2S/c1-13-8-9-16(14(2)10-13)18-12-27-21(22-18)23-20(25)17-11-19(26-24-17)15-6-4-3-5-7-15/h3-10,12,19H,11H2,1-2H3,(H,22,23,25). The van der Waals surface area contributed by atoms with E-state index in [1.807, 2.05) is 35.7 Å². The Labute approximate surface area is 161 Å². The van der Waals surface area contributed by atoms with E-state index in [1.165, 1.54) is 16.9 Å². The molecule has 2 heterocycles. The molecule has 0 fully saturated rings. The average Bonchev–Trinajstić information content (AvgIpc) is 3.32. The first-order chi connectivity index (χ1) is 13.1. The van der Waals surface area contributed by atoms with Gasteiger partial charge in [0, 0.05) is 17.4 Å². The Morgan fingerprint density at radius 1 is 1.19 bits per heavy atom. The molecule has 136 valence electrons. The van der Waals surface area contributed by atoms with Gasteiger partial charge in [-0.3, -0.25) is 10.1 Å². The Morgan fingerprint density at radius 3 is 2.78 bits per heavy atom. The third kappa shape index (κ3) is 3.75. The molecule has 0 saturated heterocycles. The van der Waals surface area contributed by atoms with E-state index in [9.17, 15) is 4.79 Å². The van der Waals surface area contributed by atoms with E-state index in [4.69, 9.17) is 4.84 Å². The zero-order valence-electron chi connectivity index (χ0n) is 15.1. The summed E-state index contributed by atoms with van der Waals surface area (Å²) in [5.74, 6) is -0.269. The lowest BCUT2D eigenvalue weighted by molar-refractivity contribution is -0.110. The van der Waals surface area contributed by atoms with Gasteiger partial charge in [0.05, 0.1) is 5.69 Å². The van der Waals surface area contributed by atoms with Crippen LogP contribution in [0.5, 0.6) is 0 Å². The lowest BCUT2D eigenvalue weighted by Crippen LogP contribution is -2.21. The van der Waals surface area contributed by atoms with E-state index in [-0.39, 0.29) is 12.0 Å². The van der Waals surface area contributed by atoms with Crippen molar-refractivity contribution in [2.75, 3.05) is 5.32 Å². The van der Waals surface area contributed by atoms with E-state index in [0.29, 0.717) is 17.3 Å². The summed E-state index contributed by atoms with van der Waals surface area (Å²) in [6.07, 6.45) is 0.236. The van der Waals surface area contributed by atoms with Crippen molar-refractivity contribution in [1.82, 2.24) is 4.98 Å². The summed E-state index contributed by atoms with van der Waals surface area (Å²) in [5, 5.41) is 9.30. The van der Waals surface area contributed by atoms with Gasteiger partial charge in [-0.15, -0.1) is 11.3 Å². The molecule has 1 atom stereocenters. The molecule has 0 bridgehead atoms. The molecule has 0 aliphatic carbocycles. The first kappa shape index (κ1) is 17.4. The Hall–Kier alpha value is -2.99. The van der Waals surface area contributed by atoms with Crippen molar-refractivity contribution in [3.63, 3.8) is 0 Å². The molecule has 0 spiro atoms. The first-order valence-corrected chi connectivity index (χ1v) is 9.60. The molecule has 1 amide bonds. The SMILES string of the molecule is Cc1ccc(-c2csc(NC(=O)C3=NOC(c4ccccc4)C3)n2)c(C)c1. The molecule has 2 aromatic carbocycles. The Bertz CT molecular complexity index is 1010. The maximum absolute atomic E-state index is 12.5. The van der Waals surface area contributed by atoms with Crippen molar-refractivity contribution in [2.45, 2.75) is 26.4 Å². The van der Waals surface area contributed by atoms with Crippen LogP contribution in [0.1, 0.15) is 29.2 Å². The van der Waals surface area contributed by atoms with Crippen molar-refractivity contribution >= 4 is 28.1 Å². The molecule has 3 aromatic rings. The number of carbonyl (C=O) groups excluding carboxylic acids is 1. The third-order valence-corrected chi connectivity index (χ3v) is 5.24. The summed E-state index contributed by atoms with van der Waals surface area (Å²) in [7, 11) is 0. The zero-order valence-corrected chi connectivity index (χ0v) is 15.9. The van der Waals surface area contributed by atoms with Gasteiger partial charge in [0.15, 0.2) is 11.2 Å². The monoisotopic (exact) mass is 377 g/mol. The minimum Gasteiger partial charge on any atom is -0.387 e. The molecule has 1 aliphatic heterocycles. The quantitative estimate of drug-likeness (QED) is 0.704. The number of anilines is 1. The van der Waals surface area contributed by atoms with Crippen molar-refractivity contribution in [3.05, 3.63) is 70.6 Å². The van der Waals surface area contributed by atoms with Crippen LogP contribution in [0.25, 0.3) is 11.3 Å². The highest BCUT2D eigenvalue weighted by atomic mass is 32.1. The van der Waals surface area contributed by atoms with Crippen LogP contribution in [-0.4, -0.2) is 16.6 Å². The number of aryl methyl sites for hydroxylation is 2. The van der Waals surface area contributed by atoms with Crippen molar-refractivity contribution in [2.24, 2.45) is 5.16 Å². The second kappa shape index (κ2) is 7.32. The summed E-state index contributed by atoms with van der Waals surface area (Å²) < 4.78 is 0. The fraction of sp³-hybridized carbons (Fsp3) is 0.190. The smallest absolute Gasteiger partial charge is 0.275 e. The van der Waals surface area contributed by atoms with E-state index in [2.05, 4.69) is 47.5 Å². The van der Waals surface area contributed by atoms with E-state index in [1.54, 1.807) is 0 Å². The van der Waals surface area contributed by atoms with Crippen LogP contribution in [-0.2, 0) is 9.63 Å². The van der Waals surface area contributed by atoms with E-state index < -0.39 is 0 Å². The summed E-state index contributed by atoms with van der Waals surface area (Å²) in [6.45, 7) is 4.13. The lowest BCUT2D eigenvalue weighted by Gasteiger charge is -2.07. The summed E-state index contributed by atoms with van der Waals surface area (Å²) in [5.41, 5.74) is 5.70. The number of aromatic nitrogens is 1. The van der Waals surface area contributed by atoms with Crippen LogP contribution < -0.4 is 5.32 Å². The van der Waals surface area contributed by atoms with Crippen LogP contribution in [0.15, 0.2) is 59.1 Å². The highest BCUT2D eigenvalue weighted by Gasteiger charge is 2.27. The summed E-state index contributed by atoms with van der Waals surface area (Å²) >= 11 is 1.40. The highest BCUT2D eigenvalue weighted by Crippen LogP contribution is 2.30. The number of benzene rings is 2. The van der Waals surface area contributed by atoms with Gasteiger partial charge >= 0.3 is 0 Å². The predicted molar refractivity (Wildman–Crippen MR) is 108 cm³/mol.